The lowest BCUT2D eigenvalue weighted by Gasteiger charge is -2.43. The first kappa shape index (κ1) is 24.1. The lowest BCUT2D eigenvalue weighted by molar-refractivity contribution is -0.147. The van der Waals surface area contributed by atoms with E-state index in [-0.39, 0.29) is 10.6 Å². The summed E-state index contributed by atoms with van der Waals surface area (Å²) in [6.45, 7) is 1.51. The second-order valence-electron chi connectivity index (χ2n) is 7.03. The first-order valence-electron chi connectivity index (χ1n) is 9.66. The molecule has 3 rings (SSSR count). The third-order valence-electron chi connectivity index (χ3n) is 4.97. The van der Waals surface area contributed by atoms with Crippen LogP contribution in [-0.2, 0) is 14.5 Å². The van der Waals surface area contributed by atoms with Gasteiger partial charge in [-0.1, -0.05) is 30.3 Å². The molecule has 0 fully saturated rings. The maximum atomic E-state index is 14.6. The minimum absolute atomic E-state index is 0.00812. The molecule has 0 saturated carbocycles. The Labute approximate surface area is 193 Å². The van der Waals surface area contributed by atoms with Crippen LogP contribution in [0, 0.1) is 17.0 Å². The predicted molar refractivity (Wildman–Crippen MR) is 120 cm³/mol. The summed E-state index contributed by atoms with van der Waals surface area (Å²) in [5, 5.41) is 15.9. The Morgan fingerprint density at radius 3 is 2.55 bits per heavy atom. The van der Waals surface area contributed by atoms with Crippen LogP contribution in [0.3, 0.4) is 0 Å². The summed E-state index contributed by atoms with van der Waals surface area (Å²) in [5.41, 5.74) is 5.50. The van der Waals surface area contributed by atoms with Crippen LogP contribution >= 0.6 is 11.8 Å². The summed E-state index contributed by atoms with van der Waals surface area (Å²) in [5.74, 6) is -2.49. The molecule has 1 unspecified atom stereocenters. The van der Waals surface area contributed by atoms with Gasteiger partial charge in [-0.15, -0.1) is 0 Å². The molecule has 174 valence electrons. The van der Waals surface area contributed by atoms with Crippen LogP contribution in [0.4, 0.5) is 13.6 Å². The highest BCUT2D eigenvalue weighted by Gasteiger charge is 2.54. The number of amides is 3. The highest BCUT2D eigenvalue weighted by molar-refractivity contribution is 8.15. The van der Waals surface area contributed by atoms with Crippen molar-refractivity contribution in [1.82, 2.24) is 15.2 Å². The second-order valence-corrected chi connectivity index (χ2v) is 8.19. The van der Waals surface area contributed by atoms with Gasteiger partial charge >= 0.3 is 6.03 Å². The van der Waals surface area contributed by atoms with E-state index in [1.54, 1.807) is 30.3 Å². The number of rotatable bonds is 5. The van der Waals surface area contributed by atoms with Gasteiger partial charge in [0.2, 0.25) is 11.0 Å². The lowest BCUT2D eigenvalue weighted by Crippen LogP contribution is -2.59. The summed E-state index contributed by atoms with van der Waals surface area (Å²) in [6, 6.07) is 10.4. The van der Waals surface area contributed by atoms with Gasteiger partial charge < -0.3 is 15.4 Å². The van der Waals surface area contributed by atoms with Gasteiger partial charge in [-0.25, -0.2) is 13.6 Å². The van der Waals surface area contributed by atoms with E-state index in [0.29, 0.717) is 5.56 Å². The molecule has 4 N–H and O–H groups in total. The van der Waals surface area contributed by atoms with Crippen LogP contribution < -0.4 is 11.1 Å². The Hall–Kier alpha value is -3.51. The zero-order valence-electron chi connectivity index (χ0n) is 18.0. The Kier molecular flexibility index (Phi) is 6.98. The molecule has 33 heavy (non-hydrogen) atoms. The van der Waals surface area contributed by atoms with Crippen molar-refractivity contribution in [2.45, 2.75) is 18.0 Å². The maximum absolute atomic E-state index is 14.6. The molecule has 0 aliphatic carbocycles. The average molecular weight is 477 g/mol. The molecular weight excluding hydrogens is 454 g/mol. The molecule has 9 nitrogen and oxygen atoms in total. The Balaban J connectivity index is 2.24. The van der Waals surface area contributed by atoms with Gasteiger partial charge in [0, 0.05) is 25.3 Å². The summed E-state index contributed by atoms with van der Waals surface area (Å²) >= 11 is 0.901. The molecule has 3 amide bonds. The number of halogens is 2. The molecule has 12 heteroatoms. The van der Waals surface area contributed by atoms with Crippen molar-refractivity contribution in [2.24, 2.45) is 10.8 Å². The Bertz CT molecular complexity index is 1120. The van der Waals surface area contributed by atoms with Gasteiger partial charge in [-0.3, -0.25) is 15.5 Å². The maximum Gasteiger partial charge on any atom is 0.318 e. The third-order valence-corrected chi connectivity index (χ3v) is 6.43. The first-order chi connectivity index (χ1) is 15.6. The number of primary amides is 1. The predicted octanol–water partition coefficient (Wildman–Crippen LogP) is 2.58. The van der Waals surface area contributed by atoms with Crippen LogP contribution in [0.15, 0.2) is 53.6 Å². The van der Waals surface area contributed by atoms with E-state index in [9.17, 15) is 18.4 Å². The second kappa shape index (κ2) is 9.55. The minimum atomic E-state index is -1.60. The SMILES string of the molecule is CO[C@@H](C)C(=O)N1N=C(c2cc(F)ccc2F)SC1(c1ccccc1)N(C)C(=N)NC(N)=O. The number of nitrogens with one attached hydrogen (secondary N) is 2. The van der Waals surface area contributed by atoms with Crippen molar-refractivity contribution in [3.05, 3.63) is 71.3 Å². The van der Waals surface area contributed by atoms with Crippen LogP contribution in [0.1, 0.15) is 18.1 Å². The molecule has 0 bridgehead atoms. The first-order valence-corrected chi connectivity index (χ1v) is 10.5. The third kappa shape index (κ3) is 4.52. The van der Waals surface area contributed by atoms with Gasteiger partial charge in [0.1, 0.15) is 22.8 Å². The number of nitrogens with two attached hydrogens (primary N) is 1. The largest absolute Gasteiger partial charge is 0.372 e. The molecule has 0 radical (unpaired) electrons. The van der Waals surface area contributed by atoms with Gasteiger partial charge in [-0.05, 0) is 36.9 Å². The van der Waals surface area contributed by atoms with E-state index >= 15 is 0 Å². The number of hydrogen-bond donors (Lipinski definition) is 3. The van der Waals surface area contributed by atoms with Crippen LogP contribution in [0.2, 0.25) is 0 Å². The number of guanidine groups is 1. The molecule has 2 aromatic rings. The average Bonchev–Trinajstić information content (AvgIpc) is 3.20. The van der Waals surface area contributed by atoms with Crippen molar-refractivity contribution < 1.29 is 23.1 Å². The van der Waals surface area contributed by atoms with Gasteiger partial charge in [-0.2, -0.15) is 10.1 Å². The van der Waals surface area contributed by atoms with Crippen molar-refractivity contribution in [1.29, 1.82) is 5.41 Å². The molecule has 0 saturated heterocycles. The van der Waals surface area contributed by atoms with Crippen molar-refractivity contribution >= 4 is 34.7 Å². The standard InChI is InChI=1S/C21H22F2N6O3S/c1-12(32-3)18(30)29-21(13-7-5-4-6-8-13,28(2)19(24)26-20(25)31)33-17(27-29)15-11-14(22)9-10-16(15)23/h4-12H,1-3H3,(H4,24,25,26,31)/t12-,21?/m0/s1. The number of thioether (sulfide) groups is 1. The number of ether oxygens (including phenoxy) is 1. The van der Waals surface area contributed by atoms with Crippen LogP contribution in [-0.4, -0.2) is 53.1 Å². The topological polar surface area (TPSA) is 124 Å². The zero-order chi connectivity index (χ0) is 24.3. The number of hydrogen-bond acceptors (Lipinski definition) is 6. The zero-order valence-corrected chi connectivity index (χ0v) is 18.8. The van der Waals surface area contributed by atoms with Crippen molar-refractivity contribution in [2.75, 3.05) is 14.2 Å². The Morgan fingerprint density at radius 1 is 1.27 bits per heavy atom. The molecule has 2 atom stereocenters. The number of nitrogens with zero attached hydrogens (tertiary/aromatic N) is 3. The molecule has 1 aliphatic rings. The molecule has 0 spiro atoms. The molecular formula is C21H22F2N6O3S. The smallest absolute Gasteiger partial charge is 0.318 e. The van der Waals surface area contributed by atoms with E-state index in [2.05, 4.69) is 10.4 Å². The van der Waals surface area contributed by atoms with Gasteiger partial charge in [0.25, 0.3) is 5.91 Å². The highest BCUT2D eigenvalue weighted by atomic mass is 32.2. The molecule has 0 aromatic heterocycles. The summed E-state index contributed by atoms with van der Waals surface area (Å²) in [4.78, 5) is 24.4. The fraction of sp³-hybridized carbons (Fsp3) is 0.238. The molecule has 2 aromatic carbocycles. The summed E-state index contributed by atoms with van der Waals surface area (Å²) in [7, 11) is 2.78. The van der Waals surface area contributed by atoms with Crippen molar-refractivity contribution in [3.8, 4) is 0 Å². The molecule has 1 aliphatic heterocycles. The van der Waals surface area contributed by atoms with Gasteiger partial charge in [0.15, 0.2) is 0 Å². The number of benzene rings is 2. The lowest BCUT2D eigenvalue weighted by atomic mass is 10.1. The number of carbonyl (C=O) groups is 2. The monoisotopic (exact) mass is 476 g/mol. The highest BCUT2D eigenvalue weighted by Crippen LogP contribution is 2.49. The van der Waals surface area contributed by atoms with E-state index in [1.165, 1.54) is 26.0 Å². The fourth-order valence-electron chi connectivity index (χ4n) is 3.19. The van der Waals surface area contributed by atoms with Gasteiger partial charge in [0.05, 0.1) is 0 Å². The van der Waals surface area contributed by atoms with E-state index in [4.69, 9.17) is 15.9 Å². The van der Waals surface area contributed by atoms with Crippen molar-refractivity contribution in [3.63, 3.8) is 0 Å². The fourth-order valence-corrected chi connectivity index (χ4v) is 4.55. The van der Waals surface area contributed by atoms with Crippen LogP contribution in [0.25, 0.3) is 0 Å². The molecule has 1 heterocycles. The number of hydrazone groups is 1. The van der Waals surface area contributed by atoms with E-state index in [0.717, 1.165) is 35.0 Å². The Morgan fingerprint density at radius 2 is 1.94 bits per heavy atom. The number of methoxy groups -OCH3 is 1. The summed E-state index contributed by atoms with van der Waals surface area (Å²) < 4.78 is 33.8. The minimum Gasteiger partial charge on any atom is -0.372 e. The number of carbonyl (C=O) groups excluding carboxylic acids is 2. The van der Waals surface area contributed by atoms with E-state index < -0.39 is 40.6 Å². The normalized spacial score (nSPS) is 18.5. The van der Waals surface area contributed by atoms with E-state index in [1.807, 2.05) is 0 Å². The number of urea groups is 1. The summed E-state index contributed by atoms with van der Waals surface area (Å²) in [6.07, 6.45) is -0.958. The quantitative estimate of drug-likeness (QED) is 0.452. The van der Waals surface area contributed by atoms with Crippen LogP contribution in [0.5, 0.6) is 0 Å².